The second kappa shape index (κ2) is 4.88. The molecule has 7 nitrogen and oxygen atoms in total. The smallest absolute Gasteiger partial charge is 0.254 e. The third-order valence-corrected chi connectivity index (χ3v) is 2.25. The third kappa shape index (κ3) is 2.39. The molecule has 90 valence electrons. The summed E-state index contributed by atoms with van der Waals surface area (Å²) in [6, 6.07) is 0. The van der Waals surface area contributed by atoms with Crippen molar-refractivity contribution in [2.75, 3.05) is 11.9 Å². The Morgan fingerprint density at radius 3 is 3.12 bits per heavy atom. The Kier molecular flexibility index (Phi) is 3.29. The van der Waals surface area contributed by atoms with Crippen molar-refractivity contribution < 1.29 is 9.53 Å². The number of nitrogens with one attached hydrogen (secondary N) is 2. The monoisotopic (exact) mass is 235 g/mol. The Morgan fingerprint density at radius 2 is 2.35 bits per heavy atom. The van der Waals surface area contributed by atoms with Crippen LogP contribution in [0.15, 0.2) is 12.7 Å². The van der Waals surface area contributed by atoms with E-state index < -0.39 is 6.10 Å². The van der Waals surface area contributed by atoms with Crippen LogP contribution in [0.4, 0.5) is 5.82 Å². The third-order valence-electron chi connectivity index (χ3n) is 2.25. The number of H-pyrrole nitrogens is 1. The minimum Gasteiger partial charge on any atom is -0.369 e. The van der Waals surface area contributed by atoms with Crippen molar-refractivity contribution in [2.24, 2.45) is 0 Å². The Labute approximate surface area is 97.6 Å². The summed E-state index contributed by atoms with van der Waals surface area (Å²) in [5.74, 6) is 0.158. The summed E-state index contributed by atoms with van der Waals surface area (Å²) >= 11 is 0. The van der Waals surface area contributed by atoms with E-state index in [-0.39, 0.29) is 5.91 Å². The largest absolute Gasteiger partial charge is 0.369 e. The summed E-state index contributed by atoms with van der Waals surface area (Å²) in [5, 5.41) is 2.67. The molecule has 2 heterocycles. The van der Waals surface area contributed by atoms with E-state index in [0.717, 1.165) is 0 Å². The van der Waals surface area contributed by atoms with Crippen LogP contribution in [0, 0.1) is 0 Å². The number of aromatic amines is 1. The number of ether oxygens (including phenoxy) is 1. The summed E-state index contributed by atoms with van der Waals surface area (Å²) in [6.45, 7) is 4.00. The molecule has 0 bridgehead atoms. The molecule has 2 N–H and O–H groups in total. The van der Waals surface area contributed by atoms with E-state index in [9.17, 15) is 4.79 Å². The number of amides is 1. The fraction of sp³-hybridized carbons (Fsp3) is 0.400. The van der Waals surface area contributed by atoms with Crippen LogP contribution in [-0.4, -0.2) is 38.6 Å². The van der Waals surface area contributed by atoms with Crippen molar-refractivity contribution in [2.45, 2.75) is 20.0 Å². The Hall–Kier alpha value is -2.02. The molecule has 0 unspecified atom stereocenters. The predicted octanol–water partition coefficient (Wildman–Crippen LogP) is 0.716. The predicted molar refractivity (Wildman–Crippen MR) is 61.4 cm³/mol. The van der Waals surface area contributed by atoms with Gasteiger partial charge in [-0.05, 0) is 13.8 Å². The maximum atomic E-state index is 11.7. The first-order valence-electron chi connectivity index (χ1n) is 5.29. The lowest BCUT2D eigenvalue weighted by molar-refractivity contribution is -0.126. The molecule has 0 aliphatic heterocycles. The van der Waals surface area contributed by atoms with Crippen molar-refractivity contribution >= 4 is 22.9 Å². The van der Waals surface area contributed by atoms with Crippen LogP contribution >= 0.6 is 0 Å². The number of hydrogen-bond acceptors (Lipinski definition) is 5. The van der Waals surface area contributed by atoms with Crippen LogP contribution < -0.4 is 5.32 Å². The van der Waals surface area contributed by atoms with E-state index in [0.29, 0.717) is 23.6 Å². The van der Waals surface area contributed by atoms with Gasteiger partial charge in [-0.1, -0.05) is 0 Å². The molecular weight excluding hydrogens is 222 g/mol. The minimum atomic E-state index is -0.520. The van der Waals surface area contributed by atoms with Crippen LogP contribution in [0.25, 0.3) is 11.2 Å². The number of fused-ring (bicyclic) bond motifs is 1. The molecular formula is C10H13N5O2. The first-order chi connectivity index (χ1) is 8.22. The molecule has 2 aromatic rings. The molecule has 1 amide bonds. The van der Waals surface area contributed by atoms with Gasteiger partial charge in [0.15, 0.2) is 11.5 Å². The highest BCUT2D eigenvalue weighted by atomic mass is 16.5. The summed E-state index contributed by atoms with van der Waals surface area (Å²) in [5.41, 5.74) is 1.11. The van der Waals surface area contributed by atoms with Gasteiger partial charge in [-0.15, -0.1) is 0 Å². The molecule has 0 fully saturated rings. The highest BCUT2D eigenvalue weighted by molar-refractivity contribution is 5.98. The van der Waals surface area contributed by atoms with Crippen LogP contribution in [0.1, 0.15) is 13.8 Å². The summed E-state index contributed by atoms with van der Waals surface area (Å²) in [7, 11) is 0. The van der Waals surface area contributed by atoms with Gasteiger partial charge >= 0.3 is 0 Å². The quantitative estimate of drug-likeness (QED) is 0.814. The maximum Gasteiger partial charge on any atom is 0.254 e. The van der Waals surface area contributed by atoms with Gasteiger partial charge in [-0.2, -0.15) is 0 Å². The van der Waals surface area contributed by atoms with Crippen molar-refractivity contribution in [3.05, 3.63) is 12.7 Å². The second-order valence-electron chi connectivity index (χ2n) is 3.41. The van der Waals surface area contributed by atoms with E-state index >= 15 is 0 Å². The van der Waals surface area contributed by atoms with E-state index in [2.05, 4.69) is 25.3 Å². The van der Waals surface area contributed by atoms with Gasteiger partial charge in [-0.25, -0.2) is 15.0 Å². The average Bonchev–Trinajstić information content (AvgIpc) is 2.78. The van der Waals surface area contributed by atoms with Gasteiger partial charge in [-0.3, -0.25) is 4.79 Å². The van der Waals surface area contributed by atoms with Gasteiger partial charge in [0.1, 0.15) is 17.9 Å². The number of hydrogen-bond donors (Lipinski definition) is 2. The molecule has 0 aliphatic rings. The molecule has 0 aliphatic carbocycles. The number of carbonyl (C=O) groups excluding carboxylic acids is 1. The van der Waals surface area contributed by atoms with Crippen LogP contribution in [0.3, 0.4) is 0 Å². The molecule has 0 aromatic carbocycles. The zero-order valence-electron chi connectivity index (χ0n) is 9.60. The Morgan fingerprint density at radius 1 is 1.53 bits per heavy atom. The second-order valence-corrected chi connectivity index (χ2v) is 3.41. The molecule has 2 aromatic heterocycles. The lowest BCUT2D eigenvalue weighted by Crippen LogP contribution is -2.28. The number of rotatable bonds is 4. The zero-order chi connectivity index (χ0) is 12.3. The summed E-state index contributed by atoms with van der Waals surface area (Å²) < 4.78 is 5.19. The standard InChI is InChI=1S/C10H13N5O2/c1-3-17-6(2)10(16)15-9-7-8(12-4-11-7)13-5-14-9/h4-6H,3H2,1-2H3,(H2,11,12,13,14,15,16)/t6-/m1/s1. The normalized spacial score (nSPS) is 12.6. The maximum absolute atomic E-state index is 11.7. The lowest BCUT2D eigenvalue weighted by Gasteiger charge is -2.11. The van der Waals surface area contributed by atoms with E-state index in [1.54, 1.807) is 6.92 Å². The van der Waals surface area contributed by atoms with Crippen molar-refractivity contribution in [3.63, 3.8) is 0 Å². The first kappa shape index (κ1) is 11.5. The van der Waals surface area contributed by atoms with Crippen LogP contribution in [-0.2, 0) is 9.53 Å². The highest BCUT2D eigenvalue weighted by Gasteiger charge is 2.15. The molecule has 2 rings (SSSR count). The van der Waals surface area contributed by atoms with Gasteiger partial charge in [0.25, 0.3) is 5.91 Å². The molecule has 0 spiro atoms. The molecule has 0 saturated carbocycles. The SMILES string of the molecule is CCO[C@H](C)C(=O)Nc1ncnc2nc[nH]c12. The van der Waals surface area contributed by atoms with Gasteiger partial charge in [0.05, 0.1) is 6.33 Å². The number of carbonyl (C=O) groups is 1. The number of imidazole rings is 1. The average molecular weight is 235 g/mol. The highest BCUT2D eigenvalue weighted by Crippen LogP contribution is 2.14. The minimum absolute atomic E-state index is 0.249. The van der Waals surface area contributed by atoms with Gasteiger partial charge in [0, 0.05) is 6.61 Å². The molecule has 17 heavy (non-hydrogen) atoms. The molecule has 0 saturated heterocycles. The Bertz CT molecular complexity index is 524. The lowest BCUT2D eigenvalue weighted by atomic mass is 10.3. The van der Waals surface area contributed by atoms with Crippen LogP contribution in [0.2, 0.25) is 0 Å². The zero-order valence-corrected chi connectivity index (χ0v) is 9.60. The van der Waals surface area contributed by atoms with Gasteiger partial charge in [0.2, 0.25) is 0 Å². The van der Waals surface area contributed by atoms with E-state index in [4.69, 9.17) is 4.74 Å². The van der Waals surface area contributed by atoms with E-state index in [1.807, 2.05) is 6.92 Å². The molecule has 0 radical (unpaired) electrons. The summed E-state index contributed by atoms with van der Waals surface area (Å²) in [4.78, 5) is 26.5. The number of aromatic nitrogens is 4. The van der Waals surface area contributed by atoms with Crippen molar-refractivity contribution in [3.8, 4) is 0 Å². The first-order valence-corrected chi connectivity index (χ1v) is 5.29. The van der Waals surface area contributed by atoms with Crippen molar-refractivity contribution in [1.82, 2.24) is 19.9 Å². The Balaban J connectivity index is 2.18. The van der Waals surface area contributed by atoms with Crippen LogP contribution in [0.5, 0.6) is 0 Å². The fourth-order valence-electron chi connectivity index (χ4n) is 1.40. The molecule has 7 heteroatoms. The van der Waals surface area contributed by atoms with E-state index in [1.165, 1.54) is 12.7 Å². The van der Waals surface area contributed by atoms with Crippen molar-refractivity contribution in [1.29, 1.82) is 0 Å². The molecule has 1 atom stereocenters. The fourth-order valence-corrected chi connectivity index (χ4v) is 1.40. The number of nitrogens with zero attached hydrogens (tertiary/aromatic N) is 3. The number of anilines is 1. The van der Waals surface area contributed by atoms with Gasteiger partial charge < -0.3 is 15.0 Å². The summed E-state index contributed by atoms with van der Waals surface area (Å²) in [6.07, 6.45) is 2.33. The topological polar surface area (TPSA) is 92.8 Å².